The monoisotopic (exact) mass is 316 g/mol. The number of hydrogen-bond donors (Lipinski definition) is 3. The number of hydrogen-bond acceptors (Lipinski definition) is 3. The number of carbonyl (C=O) groups is 3. The van der Waals surface area contributed by atoms with Crippen LogP contribution in [0.4, 0.5) is 0 Å². The molecule has 1 saturated carbocycles. The molecular weight excluding hydrogens is 296 g/mol. The van der Waals surface area contributed by atoms with Gasteiger partial charge in [-0.25, -0.2) is 4.79 Å². The number of carbonyl (C=O) groups excluding carboxylic acids is 2. The van der Waals surface area contributed by atoms with Crippen LogP contribution >= 0.6 is 0 Å². The van der Waals surface area contributed by atoms with E-state index in [4.69, 9.17) is 0 Å². The van der Waals surface area contributed by atoms with Crippen LogP contribution in [-0.2, 0) is 14.4 Å². The van der Waals surface area contributed by atoms with Crippen molar-refractivity contribution in [3.05, 3.63) is 41.6 Å². The van der Waals surface area contributed by atoms with Gasteiger partial charge in [0.2, 0.25) is 5.91 Å². The highest BCUT2D eigenvalue weighted by Crippen LogP contribution is 2.30. The molecule has 1 aromatic rings. The molecule has 1 aromatic carbocycles. The summed E-state index contributed by atoms with van der Waals surface area (Å²) in [6.45, 7) is 1.30. The van der Waals surface area contributed by atoms with Crippen molar-refractivity contribution in [2.24, 2.45) is 0 Å². The maximum absolute atomic E-state index is 12.5. The van der Waals surface area contributed by atoms with Crippen LogP contribution < -0.4 is 10.6 Å². The molecule has 1 aliphatic carbocycles. The molecule has 0 aliphatic heterocycles. The number of nitrogens with one attached hydrogen (secondary N) is 2. The number of benzene rings is 1. The molecule has 0 unspecified atom stereocenters. The molecule has 0 saturated heterocycles. The predicted octanol–water partition coefficient (Wildman–Crippen LogP) is 1.68. The highest BCUT2D eigenvalue weighted by Gasteiger charge is 2.43. The lowest BCUT2D eigenvalue weighted by Gasteiger charge is -2.26. The van der Waals surface area contributed by atoms with E-state index in [-0.39, 0.29) is 5.70 Å². The van der Waals surface area contributed by atoms with E-state index in [1.807, 2.05) is 18.2 Å². The topological polar surface area (TPSA) is 95.5 Å². The molecular formula is C17H20N2O4. The van der Waals surface area contributed by atoms with Crippen LogP contribution in [0.3, 0.4) is 0 Å². The summed E-state index contributed by atoms with van der Waals surface area (Å²) in [5.74, 6) is -2.02. The average molecular weight is 316 g/mol. The second-order valence-corrected chi connectivity index (χ2v) is 5.70. The van der Waals surface area contributed by atoms with Gasteiger partial charge in [0, 0.05) is 6.92 Å². The standard InChI is InChI=1S/C17H20N2O4/c1-12(20)18-14(11-13-7-3-2-4-8-13)15(21)19-17(16(22)23)9-5-6-10-17/h2-4,7-8,11H,5-6,9-10H2,1H3,(H,18,20)(H,19,21)(H,22,23). The van der Waals surface area contributed by atoms with Crippen molar-refractivity contribution in [2.45, 2.75) is 38.1 Å². The number of carboxylic acid groups (broad SMARTS) is 1. The van der Waals surface area contributed by atoms with Crippen molar-refractivity contribution in [3.8, 4) is 0 Å². The summed E-state index contributed by atoms with van der Waals surface area (Å²) in [6, 6.07) is 9.04. The molecule has 0 heterocycles. The van der Waals surface area contributed by atoms with Crippen LogP contribution in [0, 0.1) is 0 Å². The van der Waals surface area contributed by atoms with Gasteiger partial charge in [-0.3, -0.25) is 9.59 Å². The van der Waals surface area contributed by atoms with Crippen molar-refractivity contribution in [1.82, 2.24) is 10.6 Å². The molecule has 0 radical (unpaired) electrons. The van der Waals surface area contributed by atoms with Crippen molar-refractivity contribution < 1.29 is 19.5 Å². The molecule has 0 atom stereocenters. The zero-order valence-corrected chi connectivity index (χ0v) is 13.0. The van der Waals surface area contributed by atoms with E-state index in [1.165, 1.54) is 13.0 Å². The molecule has 2 rings (SSSR count). The first kappa shape index (κ1) is 16.7. The van der Waals surface area contributed by atoms with Crippen LogP contribution in [-0.4, -0.2) is 28.4 Å². The minimum absolute atomic E-state index is 0.0382. The second kappa shape index (κ2) is 7.09. The third kappa shape index (κ3) is 4.18. The molecule has 122 valence electrons. The van der Waals surface area contributed by atoms with Gasteiger partial charge < -0.3 is 15.7 Å². The molecule has 1 aliphatic rings. The van der Waals surface area contributed by atoms with E-state index >= 15 is 0 Å². The van der Waals surface area contributed by atoms with Crippen LogP contribution in [0.1, 0.15) is 38.2 Å². The van der Waals surface area contributed by atoms with Crippen molar-refractivity contribution in [1.29, 1.82) is 0 Å². The lowest BCUT2D eigenvalue weighted by Crippen LogP contribution is -2.54. The van der Waals surface area contributed by atoms with Gasteiger partial charge in [0.05, 0.1) is 0 Å². The Morgan fingerprint density at radius 3 is 2.26 bits per heavy atom. The summed E-state index contributed by atoms with van der Waals surface area (Å²) >= 11 is 0. The minimum atomic E-state index is -1.24. The average Bonchev–Trinajstić information content (AvgIpc) is 2.97. The number of aliphatic carboxylic acids is 1. The first-order chi connectivity index (χ1) is 10.9. The number of amides is 2. The molecule has 0 aromatic heterocycles. The maximum Gasteiger partial charge on any atom is 0.329 e. The van der Waals surface area contributed by atoms with Gasteiger partial charge in [-0.15, -0.1) is 0 Å². The summed E-state index contributed by atoms with van der Waals surface area (Å²) in [5.41, 5.74) is -0.468. The third-order valence-corrected chi connectivity index (χ3v) is 3.89. The highest BCUT2D eigenvalue weighted by atomic mass is 16.4. The number of rotatable bonds is 5. The molecule has 1 fully saturated rings. The first-order valence-electron chi connectivity index (χ1n) is 7.53. The Morgan fingerprint density at radius 2 is 1.74 bits per heavy atom. The fourth-order valence-corrected chi connectivity index (χ4v) is 2.72. The fraction of sp³-hybridized carbons (Fsp3) is 0.353. The Balaban J connectivity index is 2.25. The number of carboxylic acids is 1. The van der Waals surface area contributed by atoms with Gasteiger partial charge in [-0.1, -0.05) is 43.2 Å². The quantitative estimate of drug-likeness (QED) is 0.720. The zero-order chi connectivity index (χ0) is 16.9. The maximum atomic E-state index is 12.5. The largest absolute Gasteiger partial charge is 0.480 e. The molecule has 6 heteroatoms. The van der Waals surface area contributed by atoms with Crippen molar-refractivity contribution in [3.63, 3.8) is 0 Å². The second-order valence-electron chi connectivity index (χ2n) is 5.70. The summed E-state index contributed by atoms with van der Waals surface area (Å²) in [4.78, 5) is 35.4. The van der Waals surface area contributed by atoms with Crippen LogP contribution in [0.2, 0.25) is 0 Å². The van der Waals surface area contributed by atoms with Crippen molar-refractivity contribution in [2.75, 3.05) is 0 Å². The SMILES string of the molecule is CC(=O)NC(=Cc1ccccc1)C(=O)NC1(C(=O)O)CCCC1. The van der Waals surface area contributed by atoms with E-state index in [9.17, 15) is 19.5 Å². The Labute approximate surface area is 134 Å². The Kier molecular flexibility index (Phi) is 5.16. The van der Waals surface area contributed by atoms with Crippen LogP contribution in [0.25, 0.3) is 6.08 Å². The molecule has 6 nitrogen and oxygen atoms in total. The van der Waals surface area contributed by atoms with Crippen LogP contribution in [0.15, 0.2) is 36.0 Å². The smallest absolute Gasteiger partial charge is 0.329 e. The summed E-state index contributed by atoms with van der Waals surface area (Å²) in [7, 11) is 0. The van der Waals surface area contributed by atoms with Gasteiger partial charge in [0.15, 0.2) is 0 Å². The Hall–Kier alpha value is -2.63. The molecule has 0 bridgehead atoms. The van der Waals surface area contributed by atoms with E-state index in [1.54, 1.807) is 12.1 Å². The normalized spacial score (nSPS) is 16.7. The lowest BCUT2D eigenvalue weighted by molar-refractivity contribution is -0.146. The Bertz CT molecular complexity index is 631. The predicted molar refractivity (Wildman–Crippen MR) is 85.2 cm³/mol. The van der Waals surface area contributed by atoms with Gasteiger partial charge in [0.1, 0.15) is 11.2 Å². The van der Waals surface area contributed by atoms with E-state index in [0.717, 1.165) is 18.4 Å². The summed E-state index contributed by atoms with van der Waals surface area (Å²) < 4.78 is 0. The molecule has 3 N–H and O–H groups in total. The van der Waals surface area contributed by atoms with Crippen LogP contribution in [0.5, 0.6) is 0 Å². The van der Waals surface area contributed by atoms with Gasteiger partial charge in [-0.05, 0) is 24.5 Å². The Morgan fingerprint density at radius 1 is 1.13 bits per heavy atom. The first-order valence-corrected chi connectivity index (χ1v) is 7.53. The van der Waals surface area contributed by atoms with Gasteiger partial charge in [-0.2, -0.15) is 0 Å². The van der Waals surface area contributed by atoms with E-state index in [2.05, 4.69) is 10.6 Å². The molecule has 2 amide bonds. The minimum Gasteiger partial charge on any atom is -0.480 e. The lowest BCUT2D eigenvalue weighted by atomic mass is 9.97. The molecule has 23 heavy (non-hydrogen) atoms. The fourth-order valence-electron chi connectivity index (χ4n) is 2.72. The van der Waals surface area contributed by atoms with Gasteiger partial charge in [0.25, 0.3) is 5.91 Å². The van der Waals surface area contributed by atoms with E-state index < -0.39 is 23.3 Å². The third-order valence-electron chi connectivity index (χ3n) is 3.89. The summed E-state index contributed by atoms with van der Waals surface area (Å²) in [5, 5.41) is 14.5. The highest BCUT2D eigenvalue weighted by molar-refractivity contribution is 6.03. The zero-order valence-electron chi connectivity index (χ0n) is 13.0. The molecule has 0 spiro atoms. The summed E-state index contributed by atoms with van der Waals surface area (Å²) in [6.07, 6.45) is 3.83. The van der Waals surface area contributed by atoms with Gasteiger partial charge >= 0.3 is 5.97 Å². The van der Waals surface area contributed by atoms with Crippen molar-refractivity contribution >= 4 is 23.9 Å². The van der Waals surface area contributed by atoms with E-state index in [0.29, 0.717) is 12.8 Å².